The van der Waals surface area contributed by atoms with Crippen molar-refractivity contribution in [3.63, 3.8) is 0 Å². The summed E-state index contributed by atoms with van der Waals surface area (Å²) in [5.41, 5.74) is 1.24. The summed E-state index contributed by atoms with van der Waals surface area (Å²) in [6.45, 7) is -0.816. The van der Waals surface area contributed by atoms with Gasteiger partial charge < -0.3 is 4.74 Å². The highest BCUT2D eigenvalue weighted by Crippen LogP contribution is 2.36. The first-order valence-electron chi connectivity index (χ1n) is 9.44. The molecule has 1 amide bonds. The average Bonchev–Trinajstić information content (AvgIpc) is 2.69. The number of alkyl halides is 3. The lowest BCUT2D eigenvalue weighted by Crippen LogP contribution is -2.39. The van der Waals surface area contributed by atoms with Gasteiger partial charge >= 0.3 is 6.18 Å². The zero-order valence-corrected chi connectivity index (χ0v) is 19.6. The summed E-state index contributed by atoms with van der Waals surface area (Å²) in [6, 6.07) is 9.18. The van der Waals surface area contributed by atoms with Crippen molar-refractivity contribution in [1.29, 1.82) is 0 Å². The molecule has 1 saturated heterocycles. The van der Waals surface area contributed by atoms with Crippen LogP contribution in [0, 0.1) is 0 Å². The van der Waals surface area contributed by atoms with Crippen molar-refractivity contribution in [2.24, 2.45) is 5.10 Å². The average molecular weight is 522 g/mol. The van der Waals surface area contributed by atoms with Gasteiger partial charge in [0.05, 0.1) is 28.7 Å². The second kappa shape index (κ2) is 10.2. The van der Waals surface area contributed by atoms with E-state index in [1.54, 1.807) is 36.0 Å². The molecule has 0 radical (unpaired) electrons. The molecule has 2 aromatic rings. The van der Waals surface area contributed by atoms with Crippen LogP contribution in [0.4, 0.5) is 18.9 Å². The van der Waals surface area contributed by atoms with Crippen molar-refractivity contribution >= 4 is 51.2 Å². The molecule has 1 fully saturated rings. The maximum Gasteiger partial charge on any atom is 0.416 e. The quantitative estimate of drug-likeness (QED) is 0.422. The van der Waals surface area contributed by atoms with Gasteiger partial charge in [-0.05, 0) is 48.0 Å². The van der Waals surface area contributed by atoms with E-state index in [2.05, 4.69) is 10.5 Å². The van der Waals surface area contributed by atoms with Crippen LogP contribution in [-0.4, -0.2) is 50.9 Å². The fourth-order valence-corrected chi connectivity index (χ4v) is 4.41. The predicted molar refractivity (Wildman–Crippen MR) is 123 cm³/mol. The van der Waals surface area contributed by atoms with Crippen LogP contribution in [0.2, 0.25) is 5.02 Å². The zero-order chi connectivity index (χ0) is 24.2. The normalized spacial score (nSPS) is 14.7. The van der Waals surface area contributed by atoms with Gasteiger partial charge in [0.2, 0.25) is 10.0 Å². The van der Waals surface area contributed by atoms with Gasteiger partial charge in [0, 0.05) is 11.5 Å². The number of sulfonamides is 1. The molecule has 0 unspecified atom stereocenters. The molecule has 0 spiro atoms. The van der Waals surface area contributed by atoms with Crippen LogP contribution >= 0.6 is 23.4 Å². The molecule has 0 atom stereocenters. The van der Waals surface area contributed by atoms with Gasteiger partial charge in [-0.25, -0.2) is 13.8 Å². The zero-order valence-electron chi connectivity index (χ0n) is 17.2. The molecular weight excluding hydrogens is 503 g/mol. The molecule has 0 saturated carbocycles. The molecule has 2 aromatic carbocycles. The van der Waals surface area contributed by atoms with E-state index in [0.29, 0.717) is 21.7 Å². The first kappa shape index (κ1) is 25.2. The third-order valence-electron chi connectivity index (χ3n) is 4.42. The highest BCUT2D eigenvalue weighted by atomic mass is 35.5. The van der Waals surface area contributed by atoms with Crippen LogP contribution in [0.15, 0.2) is 47.6 Å². The maximum atomic E-state index is 13.0. The summed E-state index contributed by atoms with van der Waals surface area (Å²) in [7, 11) is -4.13. The van der Waals surface area contributed by atoms with E-state index in [0.717, 1.165) is 29.9 Å². The SMILES string of the molecule is CS(=O)(=O)N(CC(=O)N/N=C\c1ccc(OC2CSC2)cc1)c1cc(C(F)(F)F)ccc1Cl. The van der Waals surface area contributed by atoms with Crippen LogP contribution in [0.3, 0.4) is 0 Å². The standard InChI is InChI=1S/C20H19ClF3N3O4S2/c1-33(29,30)27(18-8-14(20(22,23)24)4-7-17(18)21)10-19(28)26-25-9-13-2-5-15(6-3-13)31-16-11-32-12-16/h2-9,16H,10-12H2,1H3,(H,26,28)/b25-9-. The second-order valence-electron chi connectivity index (χ2n) is 7.07. The van der Waals surface area contributed by atoms with Crippen molar-refractivity contribution in [1.82, 2.24) is 5.43 Å². The summed E-state index contributed by atoms with van der Waals surface area (Å²) in [4.78, 5) is 12.3. The lowest BCUT2D eigenvalue weighted by Gasteiger charge is -2.25. The highest BCUT2D eigenvalue weighted by Gasteiger charge is 2.33. The molecule has 178 valence electrons. The number of anilines is 1. The van der Waals surface area contributed by atoms with Crippen LogP contribution in [0.25, 0.3) is 0 Å². The summed E-state index contributed by atoms with van der Waals surface area (Å²) in [5.74, 6) is 1.74. The Bertz CT molecular complexity index is 1140. The van der Waals surface area contributed by atoms with E-state index >= 15 is 0 Å². The Morgan fingerprint density at radius 1 is 1.27 bits per heavy atom. The number of halogens is 4. The monoisotopic (exact) mass is 521 g/mol. The first-order chi connectivity index (χ1) is 15.4. The van der Waals surface area contributed by atoms with Crippen molar-refractivity contribution in [3.05, 3.63) is 58.6 Å². The van der Waals surface area contributed by atoms with E-state index in [4.69, 9.17) is 16.3 Å². The van der Waals surface area contributed by atoms with Crippen molar-refractivity contribution in [2.75, 3.05) is 28.6 Å². The molecule has 0 bridgehead atoms. The number of rotatable bonds is 8. The number of amides is 1. The predicted octanol–water partition coefficient (Wildman–Crippen LogP) is 3.77. The summed E-state index contributed by atoms with van der Waals surface area (Å²) in [6.07, 6.45) is -2.42. The summed E-state index contributed by atoms with van der Waals surface area (Å²) < 4.78 is 69.7. The molecular formula is C20H19ClF3N3O4S2. The van der Waals surface area contributed by atoms with Crippen LogP contribution in [0.5, 0.6) is 5.75 Å². The third kappa shape index (κ3) is 7.02. The van der Waals surface area contributed by atoms with Crippen LogP contribution in [-0.2, 0) is 21.0 Å². The Balaban J connectivity index is 1.66. The van der Waals surface area contributed by atoms with Crippen LogP contribution < -0.4 is 14.5 Å². The van der Waals surface area contributed by atoms with E-state index < -0.39 is 39.9 Å². The Kier molecular flexibility index (Phi) is 7.80. The smallest absolute Gasteiger partial charge is 0.416 e. The van der Waals surface area contributed by atoms with Gasteiger partial charge in [-0.1, -0.05) is 11.6 Å². The number of carbonyl (C=O) groups excluding carboxylic acids is 1. The molecule has 1 aliphatic rings. The Morgan fingerprint density at radius 2 is 1.94 bits per heavy atom. The lowest BCUT2D eigenvalue weighted by molar-refractivity contribution is -0.137. The number of carbonyl (C=O) groups is 1. The first-order valence-corrected chi connectivity index (χ1v) is 12.8. The number of benzene rings is 2. The minimum Gasteiger partial charge on any atom is -0.489 e. The fourth-order valence-electron chi connectivity index (χ4n) is 2.71. The minimum atomic E-state index is -4.72. The van der Waals surface area contributed by atoms with Gasteiger partial charge in [-0.3, -0.25) is 9.10 Å². The largest absolute Gasteiger partial charge is 0.489 e. The lowest BCUT2D eigenvalue weighted by atomic mass is 10.2. The molecule has 1 N–H and O–H groups in total. The second-order valence-corrected chi connectivity index (χ2v) is 10.5. The number of hydrazone groups is 1. The van der Waals surface area contributed by atoms with Gasteiger partial charge in [0.25, 0.3) is 5.91 Å². The Morgan fingerprint density at radius 3 is 2.48 bits per heavy atom. The number of thioether (sulfide) groups is 1. The van der Waals surface area contributed by atoms with Gasteiger partial charge in [-0.15, -0.1) is 0 Å². The molecule has 1 aliphatic heterocycles. The Labute approximate surface area is 198 Å². The van der Waals surface area contributed by atoms with Crippen LogP contribution in [0.1, 0.15) is 11.1 Å². The number of nitrogens with one attached hydrogen (secondary N) is 1. The number of nitrogens with zero attached hydrogens (tertiary/aromatic N) is 2. The van der Waals surface area contributed by atoms with Gasteiger partial charge in [0.1, 0.15) is 18.4 Å². The molecule has 0 aromatic heterocycles. The molecule has 1 heterocycles. The van der Waals surface area contributed by atoms with Crippen molar-refractivity contribution in [3.8, 4) is 5.75 Å². The summed E-state index contributed by atoms with van der Waals surface area (Å²) in [5, 5.41) is 3.51. The number of hydrogen-bond acceptors (Lipinski definition) is 6. The molecule has 0 aliphatic carbocycles. The molecule has 13 heteroatoms. The Hall–Kier alpha value is -2.44. The summed E-state index contributed by atoms with van der Waals surface area (Å²) >= 11 is 7.73. The third-order valence-corrected chi connectivity index (χ3v) is 7.08. The molecule has 3 rings (SSSR count). The topological polar surface area (TPSA) is 88.1 Å². The fraction of sp³-hybridized carbons (Fsp3) is 0.300. The van der Waals surface area contributed by atoms with E-state index in [9.17, 15) is 26.4 Å². The van der Waals surface area contributed by atoms with E-state index in [1.807, 2.05) is 0 Å². The molecule has 33 heavy (non-hydrogen) atoms. The van der Waals surface area contributed by atoms with E-state index in [1.165, 1.54) is 6.21 Å². The van der Waals surface area contributed by atoms with Crippen molar-refractivity contribution < 1.29 is 31.1 Å². The highest BCUT2D eigenvalue weighted by molar-refractivity contribution is 8.00. The molecule has 7 nitrogen and oxygen atoms in total. The minimum absolute atomic E-state index is 0.205. The van der Waals surface area contributed by atoms with Gasteiger partial charge in [-0.2, -0.15) is 30.0 Å². The number of hydrogen-bond donors (Lipinski definition) is 1. The van der Waals surface area contributed by atoms with Crippen molar-refractivity contribution in [2.45, 2.75) is 12.3 Å². The number of ether oxygens (including phenoxy) is 1. The van der Waals surface area contributed by atoms with Gasteiger partial charge in [0.15, 0.2) is 0 Å². The maximum absolute atomic E-state index is 13.0. The van der Waals surface area contributed by atoms with E-state index in [-0.39, 0.29) is 11.1 Å².